The first kappa shape index (κ1) is 84.4. The van der Waals surface area contributed by atoms with E-state index in [1.807, 2.05) is 115 Å². The Bertz CT molecular complexity index is 5470. The van der Waals surface area contributed by atoms with Crippen molar-refractivity contribution in [2.45, 2.75) is 93.5 Å². The number of aryl methyl sites for hydroxylation is 4. The van der Waals surface area contributed by atoms with Crippen LogP contribution in [0, 0.1) is 27.7 Å². The lowest BCUT2D eigenvalue weighted by atomic mass is 10.2. The predicted molar refractivity (Wildman–Crippen MR) is 465 cm³/mol. The predicted octanol–water partition coefficient (Wildman–Crippen LogP) is 22.4. The Balaban J connectivity index is 0.000000124. The van der Waals surface area contributed by atoms with Gasteiger partial charge in [-0.1, -0.05) is 244 Å². The minimum atomic E-state index is 0.501. The van der Waals surface area contributed by atoms with Crippen molar-refractivity contribution in [1.29, 1.82) is 0 Å². The molecule has 18 rings (SSSR count). The van der Waals surface area contributed by atoms with E-state index in [1.54, 1.807) is 74.4 Å². The van der Waals surface area contributed by atoms with E-state index in [0.717, 1.165) is 78.5 Å². The molecule has 0 saturated carbocycles. The smallest absolute Gasteiger partial charge is 0.277 e. The number of hydrogen-bond donors (Lipinski definition) is 0. The molecule has 24 nitrogen and oxygen atoms in total. The van der Waals surface area contributed by atoms with Gasteiger partial charge in [0.15, 0.2) is 0 Å². The molecule has 0 fully saturated rings. The second kappa shape index (κ2) is 45.2. The molecule has 0 atom stereocenters. The largest absolute Gasteiger partial charge is 0.411 e. The molecule has 594 valence electrons. The van der Waals surface area contributed by atoms with Gasteiger partial charge in [0.25, 0.3) is 31.3 Å². The number of pyridine rings is 6. The molecule has 0 bridgehead atoms. The van der Waals surface area contributed by atoms with Gasteiger partial charge in [0.05, 0.1) is 5.56 Å². The minimum Gasteiger partial charge on any atom is -0.411 e. The van der Waals surface area contributed by atoms with E-state index in [1.165, 1.54) is 121 Å². The third-order valence-electron chi connectivity index (χ3n) is 16.4. The maximum Gasteiger partial charge on any atom is 0.277 e. The molecule has 6 aromatic carbocycles. The summed E-state index contributed by atoms with van der Waals surface area (Å²) in [5.41, 5.74) is 17.6. The topological polar surface area (TPSA) is 311 Å². The molecule has 0 saturated heterocycles. The minimum absolute atomic E-state index is 0.501. The molecular weight excluding hydrogens is 1630 g/mol. The molecule has 0 aliphatic rings. The van der Waals surface area contributed by atoms with Gasteiger partial charge in [0.2, 0.25) is 35.3 Å². The van der Waals surface area contributed by atoms with E-state index >= 15 is 0 Å². The number of aromatic nitrogens is 18. The van der Waals surface area contributed by atoms with Crippen molar-refractivity contribution < 1.29 is 26.5 Å². The average Bonchev–Trinajstić information content (AvgIpc) is 1.75. The molecule has 0 spiro atoms. The SMILES string of the molecule is Cc1ccc(CSc2nnc(-c3cccnc3)o2)cc1.Cc1ccc(CSc2nnc(-c3ccncc3)o2)cc1.Cc1ccc(CSc2nnc(-c3ccncc3)o2)cc1.Cc1ccc(CSc2nnc(-c3ccncc3)o2)cc1.Clc1cccc(CSc2nnc(-c3ccncc3)o2)c1.c1ccc(CSc2nnc(-c3ccncc3)o2)cc1. The van der Waals surface area contributed by atoms with Gasteiger partial charge in [-0.25, -0.2) is 0 Å². The molecule has 18 aromatic rings. The van der Waals surface area contributed by atoms with E-state index < -0.39 is 0 Å². The Morgan fingerprint density at radius 2 is 0.462 bits per heavy atom. The second-order valence-corrected chi connectivity index (χ2v) is 31.4. The zero-order chi connectivity index (χ0) is 81.8. The number of hydrogen-bond acceptors (Lipinski definition) is 30. The van der Waals surface area contributed by atoms with Crippen LogP contribution in [0.2, 0.25) is 5.02 Å². The summed E-state index contributed by atoms with van der Waals surface area (Å²) in [5, 5.41) is 52.7. The van der Waals surface area contributed by atoms with Crippen LogP contribution < -0.4 is 0 Å². The lowest BCUT2D eigenvalue weighted by Crippen LogP contribution is -1.81. The van der Waals surface area contributed by atoms with Crippen molar-refractivity contribution in [1.82, 2.24) is 91.1 Å². The van der Waals surface area contributed by atoms with Gasteiger partial charge in [-0.3, -0.25) is 29.9 Å². The third-order valence-corrected chi connectivity index (χ3v) is 21.9. The quantitative estimate of drug-likeness (QED) is 0.0507. The van der Waals surface area contributed by atoms with E-state index in [2.05, 4.69) is 228 Å². The van der Waals surface area contributed by atoms with Crippen LogP contribution in [0.1, 0.15) is 55.6 Å². The van der Waals surface area contributed by atoms with Crippen LogP contribution in [-0.4, -0.2) is 91.1 Å². The first-order valence-electron chi connectivity index (χ1n) is 36.7. The Hall–Kier alpha value is -12.6. The summed E-state index contributed by atoms with van der Waals surface area (Å²) >= 11 is 15.1. The number of halogens is 1. The lowest BCUT2D eigenvalue weighted by molar-refractivity contribution is 0.465. The molecule has 0 aliphatic carbocycles. The van der Waals surface area contributed by atoms with Crippen LogP contribution in [0.3, 0.4) is 0 Å². The lowest BCUT2D eigenvalue weighted by Gasteiger charge is -1.98. The number of nitrogens with zero attached hydrogens (tertiary/aromatic N) is 18. The fourth-order valence-electron chi connectivity index (χ4n) is 10.1. The first-order chi connectivity index (χ1) is 58.5. The van der Waals surface area contributed by atoms with Crippen LogP contribution in [-0.2, 0) is 34.5 Å². The molecule has 0 radical (unpaired) electrons. The Labute approximate surface area is 716 Å². The van der Waals surface area contributed by atoms with Crippen molar-refractivity contribution in [3.8, 4) is 68.7 Å². The molecule has 119 heavy (non-hydrogen) atoms. The summed E-state index contributed by atoms with van der Waals surface area (Å²) < 4.78 is 33.7. The van der Waals surface area contributed by atoms with E-state index in [4.69, 9.17) is 38.1 Å². The normalized spacial score (nSPS) is 10.6. The van der Waals surface area contributed by atoms with Gasteiger partial charge >= 0.3 is 0 Å². The molecule has 0 amide bonds. The van der Waals surface area contributed by atoms with Crippen LogP contribution in [0.5, 0.6) is 0 Å². The summed E-state index contributed by atoms with van der Waals surface area (Å²) in [6.45, 7) is 8.32. The molecule has 31 heteroatoms. The van der Waals surface area contributed by atoms with Crippen LogP contribution in [0.4, 0.5) is 0 Å². The average molecular weight is 1710 g/mol. The molecule has 0 unspecified atom stereocenters. The fraction of sp³-hybridized carbons (Fsp3) is 0.114. The van der Waals surface area contributed by atoms with E-state index in [-0.39, 0.29) is 0 Å². The fourth-order valence-corrected chi connectivity index (χ4v) is 14.6. The summed E-state index contributed by atoms with van der Waals surface area (Å²) in [5.74, 6) is 7.93. The second-order valence-electron chi connectivity index (χ2n) is 25.4. The zero-order valence-electron chi connectivity index (χ0n) is 64.4. The standard InChI is InChI=1S/4C15H13N3OS.C14H10ClN3OS.C14H11N3OS/c3*1-11-2-4-12(5-3-11)10-20-15-18-17-14(19-15)13-6-8-16-9-7-13;1-11-4-6-12(7-5-11)10-20-15-18-17-14(19-15)13-3-2-8-16-9-13;15-12-3-1-2-10(8-12)9-20-14-18-17-13(19-14)11-4-6-16-7-5-11;1-2-4-11(5-3-1)10-19-14-17-16-13(18-14)12-6-8-15-9-7-12/h4*2-9H,10H2,1H3;1-8H,9H2;1-9H,10H2. The summed E-state index contributed by atoms with van der Waals surface area (Å²) in [6, 6.07) is 73.8. The van der Waals surface area contributed by atoms with Gasteiger partial charge in [-0.05, 0) is 146 Å². The van der Waals surface area contributed by atoms with E-state index in [0.29, 0.717) is 66.7 Å². The van der Waals surface area contributed by atoms with Crippen LogP contribution in [0.25, 0.3) is 68.7 Å². The van der Waals surface area contributed by atoms with Gasteiger partial charge in [0.1, 0.15) is 0 Å². The highest BCUT2D eigenvalue weighted by Gasteiger charge is 2.16. The van der Waals surface area contributed by atoms with Crippen molar-refractivity contribution in [3.05, 3.63) is 359 Å². The summed E-state index contributed by atoms with van der Waals surface area (Å²) in [4.78, 5) is 23.8. The molecule has 12 heterocycles. The zero-order valence-corrected chi connectivity index (χ0v) is 70.0. The van der Waals surface area contributed by atoms with Crippen molar-refractivity contribution in [2.75, 3.05) is 0 Å². The maximum absolute atomic E-state index is 5.94. The van der Waals surface area contributed by atoms with Crippen molar-refractivity contribution >= 4 is 82.2 Å². The third kappa shape index (κ3) is 27.8. The van der Waals surface area contributed by atoms with Gasteiger partial charge in [0, 0.05) is 142 Å². The van der Waals surface area contributed by atoms with Gasteiger partial charge < -0.3 is 26.5 Å². The number of rotatable bonds is 24. The van der Waals surface area contributed by atoms with Crippen LogP contribution in [0.15, 0.2) is 357 Å². The molecular formula is C88H73ClN18O6S6. The Morgan fingerprint density at radius 3 is 0.714 bits per heavy atom. The highest BCUT2D eigenvalue weighted by molar-refractivity contribution is 7.99. The van der Waals surface area contributed by atoms with Crippen molar-refractivity contribution in [2.24, 2.45) is 0 Å². The highest BCUT2D eigenvalue weighted by Crippen LogP contribution is 2.32. The first-order valence-corrected chi connectivity index (χ1v) is 43.0. The number of benzene rings is 6. The Morgan fingerprint density at radius 1 is 0.218 bits per heavy atom. The van der Waals surface area contributed by atoms with Gasteiger partial charge in [-0.15, -0.1) is 61.2 Å². The molecule has 12 aromatic heterocycles. The summed E-state index contributed by atoms with van der Waals surface area (Å²) in [7, 11) is 0. The Kier molecular flexibility index (Phi) is 32.1. The highest BCUT2D eigenvalue weighted by atomic mass is 35.5. The van der Waals surface area contributed by atoms with Gasteiger partial charge in [-0.2, -0.15) is 0 Å². The monoisotopic (exact) mass is 1700 g/mol. The number of thioether (sulfide) groups is 6. The molecule has 0 aliphatic heterocycles. The maximum atomic E-state index is 5.94. The van der Waals surface area contributed by atoms with Crippen LogP contribution >= 0.6 is 82.2 Å². The molecule has 0 N–H and O–H groups in total. The van der Waals surface area contributed by atoms with E-state index in [9.17, 15) is 0 Å². The van der Waals surface area contributed by atoms with Crippen molar-refractivity contribution in [3.63, 3.8) is 0 Å². The summed E-state index contributed by atoms with van der Waals surface area (Å²) in [6.07, 6.45) is 20.5.